The molecule has 17 heavy (non-hydrogen) atoms. The van der Waals surface area contributed by atoms with E-state index >= 15 is 0 Å². The Balaban J connectivity index is 4.16. The average molecular weight is 266 g/mol. The first-order chi connectivity index (χ1) is 7.88. The van der Waals surface area contributed by atoms with Crippen LogP contribution in [0.1, 0.15) is 39.0 Å². The maximum absolute atomic E-state index is 10.9. The minimum Gasteiger partial charge on any atom is -0.481 e. The van der Waals surface area contributed by atoms with Crippen molar-refractivity contribution in [3.8, 4) is 0 Å². The predicted molar refractivity (Wildman–Crippen MR) is 65.1 cm³/mol. The van der Waals surface area contributed by atoms with Crippen LogP contribution in [-0.4, -0.2) is 33.6 Å². The quantitative estimate of drug-likeness (QED) is 0.551. The van der Waals surface area contributed by atoms with E-state index in [1.54, 1.807) is 0 Å². The van der Waals surface area contributed by atoms with Gasteiger partial charge in [0, 0.05) is 5.38 Å². The summed E-state index contributed by atoms with van der Waals surface area (Å²) in [6.45, 7) is 2.00. The van der Waals surface area contributed by atoms with E-state index in [4.69, 9.17) is 27.5 Å². The summed E-state index contributed by atoms with van der Waals surface area (Å²) in [5, 5.41) is 17.5. The molecule has 0 aliphatic carbocycles. The van der Waals surface area contributed by atoms with E-state index < -0.39 is 23.9 Å². The molecule has 4 N–H and O–H groups in total. The first-order valence-electron chi connectivity index (χ1n) is 5.73. The average Bonchev–Trinajstić information content (AvgIpc) is 2.23. The zero-order valence-electron chi connectivity index (χ0n) is 9.93. The topological polar surface area (TPSA) is 101 Å². The SMILES string of the molecule is CCCC(Cl)CCC(C[C@H](N)C(=O)O)C(=O)O. The first-order valence-corrected chi connectivity index (χ1v) is 6.17. The number of carbonyl (C=O) groups is 2. The van der Waals surface area contributed by atoms with E-state index in [2.05, 4.69) is 0 Å². The van der Waals surface area contributed by atoms with Crippen LogP contribution in [0.4, 0.5) is 0 Å². The van der Waals surface area contributed by atoms with Gasteiger partial charge in [-0.3, -0.25) is 9.59 Å². The molecule has 6 heteroatoms. The highest BCUT2D eigenvalue weighted by atomic mass is 35.5. The van der Waals surface area contributed by atoms with Crippen molar-refractivity contribution in [1.82, 2.24) is 0 Å². The lowest BCUT2D eigenvalue weighted by Crippen LogP contribution is -2.34. The number of hydrogen-bond acceptors (Lipinski definition) is 3. The van der Waals surface area contributed by atoms with Crippen LogP contribution in [0.2, 0.25) is 0 Å². The fourth-order valence-corrected chi connectivity index (χ4v) is 1.93. The van der Waals surface area contributed by atoms with Gasteiger partial charge in [0.25, 0.3) is 0 Å². The van der Waals surface area contributed by atoms with Crippen LogP contribution in [0.25, 0.3) is 0 Å². The number of hydrogen-bond donors (Lipinski definition) is 3. The molecule has 5 nitrogen and oxygen atoms in total. The minimum atomic E-state index is -1.17. The van der Waals surface area contributed by atoms with E-state index in [0.717, 1.165) is 12.8 Å². The van der Waals surface area contributed by atoms with Crippen molar-refractivity contribution in [1.29, 1.82) is 0 Å². The van der Waals surface area contributed by atoms with Gasteiger partial charge >= 0.3 is 11.9 Å². The van der Waals surface area contributed by atoms with Crippen LogP contribution in [0.3, 0.4) is 0 Å². The molecule has 0 aromatic carbocycles. The van der Waals surface area contributed by atoms with E-state index in [0.29, 0.717) is 12.8 Å². The third kappa shape index (κ3) is 7.18. The number of rotatable bonds is 9. The molecule has 0 saturated carbocycles. The van der Waals surface area contributed by atoms with Crippen LogP contribution in [-0.2, 0) is 9.59 Å². The van der Waals surface area contributed by atoms with E-state index in [9.17, 15) is 9.59 Å². The van der Waals surface area contributed by atoms with Gasteiger partial charge in [0.15, 0.2) is 0 Å². The third-order valence-electron chi connectivity index (χ3n) is 2.64. The molecule has 0 aliphatic rings. The second kappa shape index (κ2) is 8.31. The number of carboxylic acid groups (broad SMARTS) is 2. The van der Waals surface area contributed by atoms with Crippen molar-refractivity contribution >= 4 is 23.5 Å². The van der Waals surface area contributed by atoms with Crippen molar-refractivity contribution in [2.75, 3.05) is 0 Å². The van der Waals surface area contributed by atoms with Gasteiger partial charge in [-0.05, 0) is 25.7 Å². The molecule has 0 aliphatic heterocycles. The lowest BCUT2D eigenvalue weighted by Gasteiger charge is -2.16. The minimum absolute atomic E-state index is 0.0529. The molecular weight excluding hydrogens is 246 g/mol. The summed E-state index contributed by atoms with van der Waals surface area (Å²) in [5.74, 6) is -2.92. The highest BCUT2D eigenvalue weighted by molar-refractivity contribution is 6.20. The first kappa shape index (κ1) is 16.2. The Bertz CT molecular complexity index is 260. The Morgan fingerprint density at radius 1 is 1.18 bits per heavy atom. The van der Waals surface area contributed by atoms with Gasteiger partial charge in [0.2, 0.25) is 0 Å². The Labute approximate surface area is 106 Å². The molecule has 0 aromatic rings. The summed E-state index contributed by atoms with van der Waals surface area (Å²) in [7, 11) is 0. The molecule has 100 valence electrons. The highest BCUT2D eigenvalue weighted by Gasteiger charge is 2.24. The van der Waals surface area contributed by atoms with Gasteiger partial charge < -0.3 is 15.9 Å². The van der Waals surface area contributed by atoms with Gasteiger partial charge in [-0.1, -0.05) is 13.3 Å². The van der Waals surface area contributed by atoms with Crippen LogP contribution in [0, 0.1) is 5.92 Å². The monoisotopic (exact) mass is 265 g/mol. The van der Waals surface area contributed by atoms with Crippen molar-refractivity contribution < 1.29 is 19.8 Å². The van der Waals surface area contributed by atoms with Crippen LogP contribution < -0.4 is 5.73 Å². The molecule has 0 heterocycles. The van der Waals surface area contributed by atoms with Gasteiger partial charge in [0.1, 0.15) is 6.04 Å². The third-order valence-corrected chi connectivity index (χ3v) is 3.07. The maximum Gasteiger partial charge on any atom is 0.320 e. The highest BCUT2D eigenvalue weighted by Crippen LogP contribution is 2.19. The summed E-state index contributed by atoms with van der Waals surface area (Å²) in [4.78, 5) is 21.5. The maximum atomic E-state index is 10.9. The zero-order valence-corrected chi connectivity index (χ0v) is 10.7. The number of carboxylic acids is 2. The normalized spacial score (nSPS) is 16.2. The van der Waals surface area contributed by atoms with Gasteiger partial charge in [-0.25, -0.2) is 0 Å². The number of halogens is 1. The summed E-state index contributed by atoms with van der Waals surface area (Å²) in [6.07, 6.45) is 2.66. The lowest BCUT2D eigenvalue weighted by atomic mass is 9.94. The Morgan fingerprint density at radius 2 is 1.76 bits per heavy atom. The molecule has 2 unspecified atom stereocenters. The Morgan fingerprint density at radius 3 is 2.18 bits per heavy atom. The predicted octanol–water partition coefficient (Wildman–Crippen LogP) is 1.68. The number of alkyl halides is 1. The van der Waals surface area contributed by atoms with Gasteiger partial charge in [-0.2, -0.15) is 0 Å². The molecule has 0 fully saturated rings. The zero-order chi connectivity index (χ0) is 13.4. The second-order valence-corrected chi connectivity index (χ2v) is 4.80. The molecule has 3 atom stereocenters. The summed E-state index contributed by atoms with van der Waals surface area (Å²) in [6, 6.07) is -1.13. The fourth-order valence-electron chi connectivity index (χ4n) is 1.59. The van der Waals surface area contributed by atoms with Crippen molar-refractivity contribution in [2.45, 2.75) is 50.4 Å². The molecule has 0 radical (unpaired) electrons. The van der Waals surface area contributed by atoms with E-state index in [1.165, 1.54) is 0 Å². The Hall–Kier alpha value is -0.810. The van der Waals surface area contributed by atoms with E-state index in [-0.39, 0.29) is 11.8 Å². The van der Waals surface area contributed by atoms with Crippen LogP contribution >= 0.6 is 11.6 Å². The molecule has 0 bridgehead atoms. The largest absolute Gasteiger partial charge is 0.481 e. The van der Waals surface area contributed by atoms with Crippen molar-refractivity contribution in [3.05, 3.63) is 0 Å². The second-order valence-electron chi connectivity index (χ2n) is 4.18. The summed E-state index contributed by atoms with van der Waals surface area (Å²) >= 11 is 5.99. The lowest BCUT2D eigenvalue weighted by molar-refractivity contribution is -0.143. The van der Waals surface area contributed by atoms with E-state index in [1.807, 2.05) is 6.92 Å². The summed E-state index contributed by atoms with van der Waals surface area (Å²) in [5.41, 5.74) is 5.32. The smallest absolute Gasteiger partial charge is 0.320 e. The molecule has 0 saturated heterocycles. The number of aliphatic carboxylic acids is 2. The Kier molecular flexibility index (Phi) is 7.91. The van der Waals surface area contributed by atoms with Crippen LogP contribution in [0.15, 0.2) is 0 Å². The molecule has 0 rings (SSSR count). The molecule has 0 aromatic heterocycles. The fraction of sp³-hybridized carbons (Fsp3) is 0.818. The summed E-state index contributed by atoms with van der Waals surface area (Å²) < 4.78 is 0. The van der Waals surface area contributed by atoms with Gasteiger partial charge in [-0.15, -0.1) is 11.6 Å². The van der Waals surface area contributed by atoms with Crippen molar-refractivity contribution in [2.24, 2.45) is 11.7 Å². The van der Waals surface area contributed by atoms with Gasteiger partial charge in [0.05, 0.1) is 5.92 Å². The standard InChI is InChI=1S/C11H20ClNO4/c1-2-3-8(12)5-4-7(10(14)15)6-9(13)11(16)17/h7-9H,2-6,13H2,1H3,(H,14,15)(H,16,17)/t7?,8?,9-/m0/s1. The molecule has 0 spiro atoms. The number of nitrogens with two attached hydrogens (primary N) is 1. The van der Waals surface area contributed by atoms with Crippen molar-refractivity contribution in [3.63, 3.8) is 0 Å². The molecule has 0 amide bonds. The van der Waals surface area contributed by atoms with Crippen LogP contribution in [0.5, 0.6) is 0 Å². The molecular formula is C11H20ClNO4.